The second-order valence-electron chi connectivity index (χ2n) is 6.32. The molecule has 1 fully saturated rings. The highest BCUT2D eigenvalue weighted by atomic mass is 35.5. The molecule has 0 N–H and O–H groups in total. The van der Waals surface area contributed by atoms with Crippen molar-refractivity contribution in [2.75, 3.05) is 39.4 Å². The maximum atomic E-state index is 12.5. The van der Waals surface area contributed by atoms with Crippen LogP contribution in [-0.2, 0) is 16.1 Å². The van der Waals surface area contributed by atoms with Gasteiger partial charge in [0.25, 0.3) is 0 Å². The van der Waals surface area contributed by atoms with Gasteiger partial charge in [0.15, 0.2) is 0 Å². The Balaban J connectivity index is 1.89. The zero-order valence-corrected chi connectivity index (χ0v) is 15.4. The van der Waals surface area contributed by atoms with Crippen LogP contribution in [0.3, 0.4) is 0 Å². The highest BCUT2D eigenvalue weighted by molar-refractivity contribution is 6.31. The summed E-state index contributed by atoms with van der Waals surface area (Å²) in [6.45, 7) is 8.14. The van der Waals surface area contributed by atoms with Crippen molar-refractivity contribution in [3.63, 3.8) is 0 Å². The number of halogens is 1. The molecule has 4 nitrogen and oxygen atoms in total. The van der Waals surface area contributed by atoms with Gasteiger partial charge >= 0.3 is 0 Å². The van der Waals surface area contributed by atoms with Crippen molar-refractivity contribution in [2.45, 2.75) is 39.2 Å². The van der Waals surface area contributed by atoms with E-state index in [4.69, 9.17) is 16.3 Å². The van der Waals surface area contributed by atoms with Crippen LogP contribution in [0.15, 0.2) is 24.3 Å². The first-order valence-electron chi connectivity index (χ1n) is 9.02. The van der Waals surface area contributed by atoms with E-state index in [1.807, 2.05) is 29.2 Å². The van der Waals surface area contributed by atoms with Gasteiger partial charge in [0.1, 0.15) is 0 Å². The van der Waals surface area contributed by atoms with E-state index in [1.165, 1.54) is 0 Å². The Kier molecular flexibility index (Phi) is 8.57. The summed E-state index contributed by atoms with van der Waals surface area (Å²) in [5, 5.41) is 0.735. The number of hydrogen-bond donors (Lipinski definition) is 0. The predicted octanol–water partition coefficient (Wildman–Crippen LogP) is 3.58. The molecule has 0 unspecified atom stereocenters. The van der Waals surface area contributed by atoms with Gasteiger partial charge in [0, 0.05) is 44.2 Å². The summed E-state index contributed by atoms with van der Waals surface area (Å²) >= 11 is 6.27. The minimum atomic E-state index is 0.235. The molecule has 134 valence electrons. The third-order valence-electron chi connectivity index (χ3n) is 4.42. The van der Waals surface area contributed by atoms with E-state index in [-0.39, 0.29) is 5.91 Å². The van der Waals surface area contributed by atoms with Gasteiger partial charge in [-0.05, 0) is 24.5 Å². The van der Waals surface area contributed by atoms with Gasteiger partial charge < -0.3 is 9.64 Å². The number of carbonyl (C=O) groups is 1. The molecule has 0 atom stereocenters. The highest BCUT2D eigenvalue weighted by Gasteiger charge is 2.16. The first kappa shape index (κ1) is 19.2. The fourth-order valence-corrected chi connectivity index (χ4v) is 3.12. The fourth-order valence-electron chi connectivity index (χ4n) is 2.92. The molecule has 1 aliphatic rings. The molecule has 0 saturated carbocycles. The van der Waals surface area contributed by atoms with Gasteiger partial charge in [-0.3, -0.25) is 9.69 Å². The van der Waals surface area contributed by atoms with Crippen LogP contribution < -0.4 is 0 Å². The van der Waals surface area contributed by atoms with Crippen molar-refractivity contribution in [2.24, 2.45) is 0 Å². The SMILES string of the molecule is CCCCC(=O)N(CCCN1CCOCC1)Cc1ccccc1Cl. The number of amides is 1. The Hall–Kier alpha value is -1.10. The lowest BCUT2D eigenvalue weighted by Crippen LogP contribution is -2.39. The molecule has 2 rings (SSSR count). The lowest BCUT2D eigenvalue weighted by atomic mass is 10.1. The standard InChI is InChI=1S/C19H29ClN2O2/c1-2-3-9-19(23)22(16-17-7-4-5-8-18(17)20)11-6-10-21-12-14-24-15-13-21/h4-5,7-8H,2-3,6,9-16H2,1H3. The van der Waals surface area contributed by atoms with Crippen LogP contribution in [0.4, 0.5) is 0 Å². The maximum absolute atomic E-state index is 12.5. The number of hydrogen-bond acceptors (Lipinski definition) is 3. The van der Waals surface area contributed by atoms with Crippen LogP contribution in [0.1, 0.15) is 38.2 Å². The van der Waals surface area contributed by atoms with Gasteiger partial charge in [-0.15, -0.1) is 0 Å². The average Bonchev–Trinajstić information content (AvgIpc) is 2.61. The quantitative estimate of drug-likeness (QED) is 0.681. The van der Waals surface area contributed by atoms with Gasteiger partial charge in [-0.25, -0.2) is 0 Å². The molecular weight excluding hydrogens is 324 g/mol. The molecule has 1 amide bonds. The minimum absolute atomic E-state index is 0.235. The molecular formula is C19H29ClN2O2. The summed E-state index contributed by atoms with van der Waals surface area (Å²) in [5.41, 5.74) is 1.02. The first-order valence-corrected chi connectivity index (χ1v) is 9.39. The van der Waals surface area contributed by atoms with Crippen molar-refractivity contribution < 1.29 is 9.53 Å². The molecule has 1 aliphatic heterocycles. The lowest BCUT2D eigenvalue weighted by molar-refractivity contribution is -0.132. The van der Waals surface area contributed by atoms with Crippen molar-refractivity contribution in [3.05, 3.63) is 34.9 Å². The van der Waals surface area contributed by atoms with Crippen molar-refractivity contribution in [1.29, 1.82) is 0 Å². The van der Waals surface area contributed by atoms with E-state index in [9.17, 15) is 4.79 Å². The number of rotatable bonds is 9. The number of carbonyl (C=O) groups excluding carboxylic acids is 1. The molecule has 1 aromatic carbocycles. The van der Waals surface area contributed by atoms with E-state index in [0.717, 1.165) is 69.2 Å². The number of nitrogens with zero attached hydrogens (tertiary/aromatic N) is 2. The smallest absolute Gasteiger partial charge is 0.222 e. The van der Waals surface area contributed by atoms with Crippen LogP contribution >= 0.6 is 11.6 Å². The second-order valence-corrected chi connectivity index (χ2v) is 6.73. The lowest BCUT2D eigenvalue weighted by Gasteiger charge is -2.28. The van der Waals surface area contributed by atoms with Crippen LogP contribution in [0.5, 0.6) is 0 Å². The Morgan fingerprint density at radius 3 is 2.71 bits per heavy atom. The largest absolute Gasteiger partial charge is 0.379 e. The Morgan fingerprint density at radius 1 is 1.25 bits per heavy atom. The van der Waals surface area contributed by atoms with E-state index in [2.05, 4.69) is 11.8 Å². The Morgan fingerprint density at radius 2 is 2.00 bits per heavy atom. The van der Waals surface area contributed by atoms with Gasteiger partial charge in [0.05, 0.1) is 13.2 Å². The summed E-state index contributed by atoms with van der Waals surface area (Å²) in [7, 11) is 0. The third-order valence-corrected chi connectivity index (χ3v) is 4.79. The van der Waals surface area contributed by atoms with E-state index in [0.29, 0.717) is 13.0 Å². The molecule has 0 spiro atoms. The van der Waals surface area contributed by atoms with E-state index >= 15 is 0 Å². The molecule has 1 aromatic rings. The predicted molar refractivity (Wildman–Crippen MR) is 98.3 cm³/mol. The maximum Gasteiger partial charge on any atom is 0.222 e. The monoisotopic (exact) mass is 352 g/mol. The first-order chi connectivity index (χ1) is 11.7. The van der Waals surface area contributed by atoms with Crippen LogP contribution in [0.2, 0.25) is 5.02 Å². The Bertz CT molecular complexity index is 504. The molecule has 0 aromatic heterocycles. The zero-order valence-electron chi connectivity index (χ0n) is 14.7. The fraction of sp³-hybridized carbons (Fsp3) is 0.632. The van der Waals surface area contributed by atoms with Crippen molar-refractivity contribution >= 4 is 17.5 Å². The average molecular weight is 353 g/mol. The summed E-state index contributed by atoms with van der Waals surface area (Å²) in [6.07, 6.45) is 3.60. The molecule has 1 saturated heterocycles. The number of unbranched alkanes of at least 4 members (excludes halogenated alkanes) is 1. The van der Waals surface area contributed by atoms with Crippen molar-refractivity contribution in [3.8, 4) is 0 Å². The van der Waals surface area contributed by atoms with Gasteiger partial charge in [-0.1, -0.05) is 43.1 Å². The van der Waals surface area contributed by atoms with Crippen LogP contribution in [-0.4, -0.2) is 55.1 Å². The zero-order chi connectivity index (χ0) is 17.2. The normalized spacial score (nSPS) is 15.4. The second kappa shape index (κ2) is 10.7. The third kappa shape index (κ3) is 6.42. The van der Waals surface area contributed by atoms with Crippen molar-refractivity contribution in [1.82, 2.24) is 9.80 Å². The van der Waals surface area contributed by atoms with Crippen LogP contribution in [0.25, 0.3) is 0 Å². The number of ether oxygens (including phenoxy) is 1. The molecule has 5 heteroatoms. The summed E-state index contributed by atoms with van der Waals surface area (Å²) in [4.78, 5) is 16.9. The van der Waals surface area contributed by atoms with Gasteiger partial charge in [0.2, 0.25) is 5.91 Å². The minimum Gasteiger partial charge on any atom is -0.379 e. The molecule has 1 heterocycles. The van der Waals surface area contributed by atoms with Crippen LogP contribution in [0, 0.1) is 0 Å². The summed E-state index contributed by atoms with van der Waals surface area (Å²) in [5.74, 6) is 0.235. The Labute approximate surface area is 150 Å². The molecule has 0 bridgehead atoms. The number of morpholine rings is 1. The summed E-state index contributed by atoms with van der Waals surface area (Å²) < 4.78 is 5.38. The highest BCUT2D eigenvalue weighted by Crippen LogP contribution is 2.18. The number of benzene rings is 1. The van der Waals surface area contributed by atoms with E-state index < -0.39 is 0 Å². The van der Waals surface area contributed by atoms with Gasteiger partial charge in [-0.2, -0.15) is 0 Å². The topological polar surface area (TPSA) is 32.8 Å². The summed E-state index contributed by atoms with van der Waals surface area (Å²) in [6, 6.07) is 7.79. The molecule has 24 heavy (non-hydrogen) atoms. The molecule has 0 radical (unpaired) electrons. The molecule has 0 aliphatic carbocycles. The van der Waals surface area contributed by atoms with E-state index in [1.54, 1.807) is 0 Å².